The fraction of sp³-hybridized carbons (Fsp3) is 0.812. The van der Waals surface area contributed by atoms with E-state index < -0.39 is 6.04 Å². The van der Waals surface area contributed by atoms with Crippen molar-refractivity contribution < 1.29 is 14.4 Å². The minimum absolute atomic E-state index is 0.00341. The number of likely N-dealkylation sites (tertiary alicyclic amines) is 2. The number of carbonyl (C=O) groups excluding carboxylic acids is 3. The van der Waals surface area contributed by atoms with E-state index in [1.54, 1.807) is 0 Å². The van der Waals surface area contributed by atoms with Crippen LogP contribution in [0.2, 0.25) is 0 Å². The van der Waals surface area contributed by atoms with Gasteiger partial charge in [-0.05, 0) is 46.3 Å². The number of amides is 2. The summed E-state index contributed by atoms with van der Waals surface area (Å²) >= 11 is 0. The second kappa shape index (κ2) is 7.72. The van der Waals surface area contributed by atoms with Gasteiger partial charge in [-0.2, -0.15) is 0 Å². The Morgan fingerprint density at radius 3 is 2.50 bits per heavy atom. The van der Waals surface area contributed by atoms with Crippen LogP contribution in [0.25, 0.3) is 0 Å². The fourth-order valence-electron chi connectivity index (χ4n) is 3.19. The first-order valence-electron chi connectivity index (χ1n) is 8.23. The average Bonchev–Trinajstić information content (AvgIpc) is 2.89. The van der Waals surface area contributed by atoms with E-state index in [2.05, 4.69) is 0 Å². The number of ketones is 1. The Balaban J connectivity index is 1.94. The van der Waals surface area contributed by atoms with Crippen LogP contribution in [0.4, 0.5) is 0 Å². The molecule has 2 heterocycles. The first-order chi connectivity index (χ1) is 10.5. The lowest BCUT2D eigenvalue weighted by atomic mass is 10.1. The Bertz CT molecular complexity index is 430. The Morgan fingerprint density at radius 2 is 1.86 bits per heavy atom. The molecule has 0 saturated carbocycles. The van der Waals surface area contributed by atoms with Crippen molar-refractivity contribution in [3.63, 3.8) is 0 Å². The lowest BCUT2D eigenvalue weighted by Crippen LogP contribution is -2.49. The maximum atomic E-state index is 12.6. The predicted octanol–water partition coefficient (Wildman–Crippen LogP) is 0.511. The maximum absolute atomic E-state index is 12.6. The van der Waals surface area contributed by atoms with E-state index in [1.165, 1.54) is 4.90 Å². The second-order valence-electron chi connectivity index (χ2n) is 6.57. The first-order valence-corrected chi connectivity index (χ1v) is 8.23. The van der Waals surface area contributed by atoms with Gasteiger partial charge in [-0.1, -0.05) is 0 Å². The normalized spacial score (nSPS) is 22.5. The van der Waals surface area contributed by atoms with Crippen molar-refractivity contribution in [2.45, 2.75) is 44.6 Å². The highest BCUT2D eigenvalue weighted by molar-refractivity contribution is 5.98. The van der Waals surface area contributed by atoms with E-state index in [-0.39, 0.29) is 30.6 Å². The Kier molecular flexibility index (Phi) is 5.94. The van der Waals surface area contributed by atoms with Crippen LogP contribution in [0.5, 0.6) is 0 Å². The van der Waals surface area contributed by atoms with E-state index in [0.29, 0.717) is 6.42 Å². The molecule has 2 fully saturated rings. The molecule has 0 aliphatic carbocycles. The standard InChI is InChI=1S/C16H27N3O3/c1-17(2)8-6-7-15(21)19-12-13(20)11-14(19)16(22)18-9-4-3-5-10-18/h14H,3-12H2,1-2H3. The van der Waals surface area contributed by atoms with Gasteiger partial charge in [-0.15, -0.1) is 0 Å². The molecule has 0 radical (unpaired) electrons. The molecule has 0 bridgehead atoms. The lowest BCUT2D eigenvalue weighted by Gasteiger charge is -2.32. The van der Waals surface area contributed by atoms with Gasteiger partial charge >= 0.3 is 0 Å². The number of carbonyl (C=O) groups is 3. The van der Waals surface area contributed by atoms with Crippen LogP contribution in [0, 0.1) is 0 Å². The topological polar surface area (TPSA) is 60.9 Å². The third-order valence-corrected chi connectivity index (χ3v) is 4.41. The van der Waals surface area contributed by atoms with Crippen molar-refractivity contribution in [2.75, 3.05) is 40.3 Å². The molecular weight excluding hydrogens is 282 g/mol. The van der Waals surface area contributed by atoms with Gasteiger partial charge < -0.3 is 14.7 Å². The predicted molar refractivity (Wildman–Crippen MR) is 83.3 cm³/mol. The maximum Gasteiger partial charge on any atom is 0.245 e. The summed E-state index contributed by atoms with van der Waals surface area (Å²) in [5.41, 5.74) is 0. The van der Waals surface area contributed by atoms with Crippen LogP contribution in [-0.4, -0.2) is 78.6 Å². The molecule has 1 unspecified atom stereocenters. The third kappa shape index (κ3) is 4.29. The molecule has 2 amide bonds. The largest absolute Gasteiger partial charge is 0.341 e. The van der Waals surface area contributed by atoms with E-state index in [9.17, 15) is 14.4 Å². The average molecular weight is 309 g/mol. The molecule has 0 aromatic rings. The highest BCUT2D eigenvalue weighted by atomic mass is 16.2. The zero-order valence-corrected chi connectivity index (χ0v) is 13.7. The molecule has 22 heavy (non-hydrogen) atoms. The summed E-state index contributed by atoms with van der Waals surface area (Å²) in [5, 5.41) is 0. The number of hydrogen-bond donors (Lipinski definition) is 0. The number of piperidine rings is 1. The molecule has 124 valence electrons. The van der Waals surface area contributed by atoms with Crippen LogP contribution in [0.15, 0.2) is 0 Å². The van der Waals surface area contributed by atoms with E-state index >= 15 is 0 Å². The van der Waals surface area contributed by atoms with Crippen LogP contribution < -0.4 is 0 Å². The van der Waals surface area contributed by atoms with Crippen molar-refractivity contribution in [3.05, 3.63) is 0 Å². The van der Waals surface area contributed by atoms with Crippen LogP contribution >= 0.6 is 0 Å². The summed E-state index contributed by atoms with van der Waals surface area (Å²) in [6, 6.07) is -0.558. The number of hydrogen-bond acceptors (Lipinski definition) is 4. The van der Waals surface area contributed by atoms with Gasteiger partial charge in [-0.3, -0.25) is 14.4 Å². The zero-order chi connectivity index (χ0) is 16.1. The number of nitrogens with zero attached hydrogens (tertiary/aromatic N) is 3. The lowest BCUT2D eigenvalue weighted by molar-refractivity contribution is -0.144. The molecule has 6 heteroatoms. The third-order valence-electron chi connectivity index (χ3n) is 4.41. The second-order valence-corrected chi connectivity index (χ2v) is 6.57. The molecule has 1 atom stereocenters. The molecule has 2 aliphatic rings. The minimum atomic E-state index is -0.558. The van der Waals surface area contributed by atoms with E-state index in [0.717, 1.165) is 45.3 Å². The van der Waals surface area contributed by atoms with Crippen molar-refractivity contribution in [1.82, 2.24) is 14.7 Å². The van der Waals surface area contributed by atoms with Gasteiger partial charge in [-0.25, -0.2) is 0 Å². The highest BCUT2D eigenvalue weighted by Crippen LogP contribution is 2.20. The van der Waals surface area contributed by atoms with Gasteiger partial charge in [0.05, 0.1) is 6.54 Å². The quantitative estimate of drug-likeness (QED) is 0.742. The van der Waals surface area contributed by atoms with Gasteiger partial charge in [0.1, 0.15) is 6.04 Å². The summed E-state index contributed by atoms with van der Waals surface area (Å²) < 4.78 is 0. The Morgan fingerprint density at radius 1 is 1.18 bits per heavy atom. The molecule has 0 spiro atoms. The van der Waals surface area contributed by atoms with Crippen molar-refractivity contribution in [2.24, 2.45) is 0 Å². The molecule has 0 N–H and O–H groups in total. The highest BCUT2D eigenvalue weighted by Gasteiger charge is 2.40. The Hall–Kier alpha value is -1.43. The van der Waals surface area contributed by atoms with Crippen molar-refractivity contribution >= 4 is 17.6 Å². The summed E-state index contributed by atoms with van der Waals surface area (Å²) in [6.45, 7) is 2.45. The zero-order valence-electron chi connectivity index (χ0n) is 13.7. The van der Waals surface area contributed by atoms with Crippen molar-refractivity contribution in [1.29, 1.82) is 0 Å². The van der Waals surface area contributed by atoms with Crippen LogP contribution in [-0.2, 0) is 14.4 Å². The van der Waals surface area contributed by atoms with E-state index in [1.807, 2.05) is 23.9 Å². The van der Waals surface area contributed by atoms with Gasteiger partial charge in [0.25, 0.3) is 0 Å². The van der Waals surface area contributed by atoms with Crippen LogP contribution in [0.3, 0.4) is 0 Å². The monoisotopic (exact) mass is 309 g/mol. The molecule has 6 nitrogen and oxygen atoms in total. The van der Waals surface area contributed by atoms with Crippen LogP contribution in [0.1, 0.15) is 38.5 Å². The Labute approximate surface area is 132 Å². The summed E-state index contributed by atoms with van der Waals surface area (Å²) in [6.07, 6.45) is 4.53. The minimum Gasteiger partial charge on any atom is -0.341 e. The van der Waals surface area contributed by atoms with Gasteiger partial charge in [0.15, 0.2) is 5.78 Å². The summed E-state index contributed by atoms with van der Waals surface area (Å²) in [7, 11) is 3.93. The SMILES string of the molecule is CN(C)CCCC(=O)N1CC(=O)CC1C(=O)N1CCCCC1. The van der Waals surface area contributed by atoms with Gasteiger partial charge in [0.2, 0.25) is 11.8 Å². The number of Topliss-reactive ketones (excluding diaryl/α,β-unsaturated/α-hetero) is 1. The first kappa shape index (κ1) is 16.9. The molecule has 2 saturated heterocycles. The smallest absolute Gasteiger partial charge is 0.245 e. The molecule has 0 aromatic heterocycles. The fourth-order valence-corrected chi connectivity index (χ4v) is 3.19. The molecule has 2 rings (SSSR count). The molecule has 2 aliphatic heterocycles. The van der Waals surface area contributed by atoms with E-state index in [4.69, 9.17) is 0 Å². The summed E-state index contributed by atoms with van der Waals surface area (Å²) in [4.78, 5) is 42.1. The summed E-state index contributed by atoms with van der Waals surface area (Å²) in [5.74, 6) is -0.106. The van der Waals surface area contributed by atoms with Crippen molar-refractivity contribution in [3.8, 4) is 0 Å². The molecule has 0 aromatic carbocycles. The van der Waals surface area contributed by atoms with Gasteiger partial charge in [0, 0.05) is 25.9 Å². The molecular formula is C16H27N3O3. The number of rotatable bonds is 5.